The summed E-state index contributed by atoms with van der Waals surface area (Å²) in [4.78, 5) is 12.1. The number of rotatable bonds is 5. The Morgan fingerprint density at radius 1 is 1.39 bits per heavy atom. The van der Waals surface area contributed by atoms with Gasteiger partial charge in [-0.05, 0) is 24.3 Å². The smallest absolute Gasteiger partial charge is 0.214 e. The summed E-state index contributed by atoms with van der Waals surface area (Å²) >= 11 is 0. The van der Waals surface area contributed by atoms with Crippen molar-refractivity contribution in [3.8, 4) is 5.75 Å². The van der Waals surface area contributed by atoms with Crippen LogP contribution in [0.2, 0.25) is 0 Å². The lowest BCUT2D eigenvalue weighted by Gasteiger charge is -2.00. The summed E-state index contributed by atoms with van der Waals surface area (Å²) in [6.45, 7) is 1.00. The average Bonchev–Trinajstić information content (AvgIpc) is 2.87. The number of methoxy groups -OCH3 is 1. The molecular weight excluding hydrogens is 232 g/mol. The van der Waals surface area contributed by atoms with Gasteiger partial charge in [-0.2, -0.15) is 0 Å². The Hall–Kier alpha value is -2.21. The van der Waals surface area contributed by atoms with Crippen LogP contribution in [0.5, 0.6) is 5.75 Å². The van der Waals surface area contributed by atoms with Gasteiger partial charge in [-0.1, -0.05) is 5.21 Å². The van der Waals surface area contributed by atoms with Crippen LogP contribution >= 0.6 is 0 Å². The number of nitrogens with two attached hydrogens (primary N) is 1. The van der Waals surface area contributed by atoms with Crippen LogP contribution in [-0.2, 0) is 6.54 Å². The molecule has 0 saturated carbocycles. The van der Waals surface area contributed by atoms with Crippen molar-refractivity contribution in [3.63, 3.8) is 0 Å². The first kappa shape index (κ1) is 12.3. The van der Waals surface area contributed by atoms with E-state index in [0.717, 1.165) is 0 Å². The zero-order valence-corrected chi connectivity index (χ0v) is 10.0. The lowest BCUT2D eigenvalue weighted by Crippen LogP contribution is -2.10. The average molecular weight is 246 g/mol. The molecule has 0 radical (unpaired) electrons. The fraction of sp³-hybridized carbons (Fsp3) is 0.250. The zero-order chi connectivity index (χ0) is 13.0. The lowest BCUT2D eigenvalue weighted by atomic mass is 10.1. The van der Waals surface area contributed by atoms with E-state index < -0.39 is 0 Å². The van der Waals surface area contributed by atoms with Gasteiger partial charge in [-0.25, -0.2) is 0 Å². The van der Waals surface area contributed by atoms with Gasteiger partial charge >= 0.3 is 0 Å². The Morgan fingerprint density at radius 2 is 2.11 bits per heavy atom. The molecule has 1 aromatic heterocycles. The molecule has 0 unspecified atom stereocenters. The molecule has 0 aliphatic carbocycles. The molecule has 0 atom stereocenters. The van der Waals surface area contributed by atoms with Crippen molar-refractivity contribution in [3.05, 3.63) is 41.7 Å². The van der Waals surface area contributed by atoms with Crippen LogP contribution in [0.15, 0.2) is 30.5 Å². The molecule has 6 nitrogen and oxygen atoms in total. The number of hydrogen-bond acceptors (Lipinski definition) is 5. The Labute approximate surface area is 104 Å². The molecular formula is C12H14N4O2. The van der Waals surface area contributed by atoms with Crippen molar-refractivity contribution in [1.29, 1.82) is 0 Å². The minimum atomic E-state index is -0.166. The second kappa shape index (κ2) is 5.42. The van der Waals surface area contributed by atoms with Gasteiger partial charge in [0.25, 0.3) is 0 Å². The van der Waals surface area contributed by atoms with Crippen LogP contribution in [0.25, 0.3) is 0 Å². The molecule has 2 aromatic rings. The number of benzene rings is 1. The number of ketones is 1. The standard InChI is InChI=1S/C12H14N4O2/c1-18-10-4-2-9(3-5-10)12(17)11-8-16(7-6-13)15-14-11/h2-5,8H,6-7,13H2,1H3. The highest BCUT2D eigenvalue weighted by atomic mass is 16.5. The predicted molar refractivity (Wildman–Crippen MR) is 65.5 cm³/mol. The van der Waals surface area contributed by atoms with E-state index in [0.29, 0.717) is 30.1 Å². The Balaban J connectivity index is 2.18. The third-order valence-electron chi connectivity index (χ3n) is 2.48. The number of carbonyl (C=O) groups is 1. The topological polar surface area (TPSA) is 83.0 Å². The van der Waals surface area contributed by atoms with Crippen molar-refractivity contribution in [2.45, 2.75) is 6.54 Å². The van der Waals surface area contributed by atoms with Gasteiger partial charge in [0.1, 0.15) is 5.75 Å². The van der Waals surface area contributed by atoms with Gasteiger partial charge in [0, 0.05) is 12.1 Å². The lowest BCUT2D eigenvalue weighted by molar-refractivity contribution is 0.103. The molecule has 6 heteroatoms. The molecule has 1 aromatic carbocycles. The fourth-order valence-corrected chi connectivity index (χ4v) is 1.53. The molecule has 0 bridgehead atoms. The van der Waals surface area contributed by atoms with E-state index in [4.69, 9.17) is 10.5 Å². The summed E-state index contributed by atoms with van der Waals surface area (Å²) in [5, 5.41) is 7.66. The minimum absolute atomic E-state index is 0.166. The van der Waals surface area contributed by atoms with Gasteiger partial charge < -0.3 is 10.5 Å². The van der Waals surface area contributed by atoms with Crippen LogP contribution in [0.1, 0.15) is 16.1 Å². The Kier molecular flexibility index (Phi) is 3.69. The van der Waals surface area contributed by atoms with E-state index in [-0.39, 0.29) is 5.78 Å². The van der Waals surface area contributed by atoms with Crippen molar-refractivity contribution >= 4 is 5.78 Å². The number of nitrogens with zero attached hydrogens (tertiary/aromatic N) is 3. The van der Waals surface area contributed by atoms with Crippen LogP contribution in [0.4, 0.5) is 0 Å². The molecule has 0 fully saturated rings. The van der Waals surface area contributed by atoms with Crippen LogP contribution < -0.4 is 10.5 Å². The highest BCUT2D eigenvalue weighted by Gasteiger charge is 2.13. The van der Waals surface area contributed by atoms with Crippen LogP contribution in [0.3, 0.4) is 0 Å². The number of ether oxygens (including phenoxy) is 1. The molecule has 0 saturated heterocycles. The zero-order valence-electron chi connectivity index (χ0n) is 10.0. The van der Waals surface area contributed by atoms with E-state index >= 15 is 0 Å². The first-order valence-electron chi connectivity index (χ1n) is 5.53. The summed E-state index contributed by atoms with van der Waals surface area (Å²) < 4.78 is 6.59. The first-order valence-corrected chi connectivity index (χ1v) is 5.53. The van der Waals surface area contributed by atoms with E-state index in [9.17, 15) is 4.79 Å². The molecule has 0 aliphatic rings. The number of carbonyl (C=O) groups excluding carboxylic acids is 1. The summed E-state index contributed by atoms with van der Waals surface area (Å²) in [5.74, 6) is 0.541. The van der Waals surface area contributed by atoms with Crippen LogP contribution in [0, 0.1) is 0 Å². The third kappa shape index (κ3) is 2.54. The Morgan fingerprint density at radius 3 is 2.72 bits per heavy atom. The van der Waals surface area contributed by atoms with Crippen LogP contribution in [-0.4, -0.2) is 34.4 Å². The number of aromatic nitrogens is 3. The second-order valence-corrected chi connectivity index (χ2v) is 3.71. The SMILES string of the molecule is COc1ccc(C(=O)c2cn(CCN)nn2)cc1. The highest BCUT2D eigenvalue weighted by Crippen LogP contribution is 2.13. The Bertz CT molecular complexity index is 533. The van der Waals surface area contributed by atoms with Crippen molar-refractivity contribution in [1.82, 2.24) is 15.0 Å². The summed E-state index contributed by atoms with van der Waals surface area (Å²) in [7, 11) is 1.58. The molecule has 0 spiro atoms. The van der Waals surface area contributed by atoms with Crippen molar-refractivity contribution < 1.29 is 9.53 Å². The molecule has 2 rings (SSSR count). The first-order chi connectivity index (χ1) is 8.74. The van der Waals surface area contributed by atoms with Gasteiger partial charge in [0.15, 0.2) is 5.69 Å². The van der Waals surface area contributed by atoms with Gasteiger partial charge in [-0.3, -0.25) is 9.48 Å². The highest BCUT2D eigenvalue weighted by molar-refractivity contribution is 6.07. The van der Waals surface area contributed by atoms with Gasteiger partial charge in [-0.15, -0.1) is 5.10 Å². The van der Waals surface area contributed by atoms with E-state index in [1.54, 1.807) is 42.3 Å². The predicted octanol–water partition coefficient (Wildman–Crippen LogP) is 0.476. The summed E-state index contributed by atoms with van der Waals surface area (Å²) in [6.07, 6.45) is 1.60. The minimum Gasteiger partial charge on any atom is -0.497 e. The molecule has 1 heterocycles. The van der Waals surface area contributed by atoms with E-state index in [1.165, 1.54) is 0 Å². The quantitative estimate of drug-likeness (QED) is 0.776. The monoisotopic (exact) mass is 246 g/mol. The van der Waals surface area contributed by atoms with Crippen molar-refractivity contribution in [2.75, 3.05) is 13.7 Å². The van der Waals surface area contributed by atoms with Crippen molar-refractivity contribution in [2.24, 2.45) is 5.73 Å². The maximum Gasteiger partial charge on any atom is 0.214 e. The van der Waals surface area contributed by atoms with E-state index in [2.05, 4.69) is 10.3 Å². The maximum atomic E-state index is 12.1. The molecule has 18 heavy (non-hydrogen) atoms. The second-order valence-electron chi connectivity index (χ2n) is 3.71. The third-order valence-corrected chi connectivity index (χ3v) is 2.48. The van der Waals surface area contributed by atoms with E-state index in [1.807, 2.05) is 0 Å². The van der Waals surface area contributed by atoms with Gasteiger partial charge in [0.2, 0.25) is 5.78 Å². The molecule has 2 N–H and O–H groups in total. The molecule has 0 amide bonds. The molecule has 0 aliphatic heterocycles. The maximum absolute atomic E-state index is 12.1. The van der Waals surface area contributed by atoms with Gasteiger partial charge in [0.05, 0.1) is 19.9 Å². The number of hydrogen-bond donors (Lipinski definition) is 1. The normalized spacial score (nSPS) is 10.3. The largest absolute Gasteiger partial charge is 0.497 e. The summed E-state index contributed by atoms with van der Waals surface area (Å²) in [6, 6.07) is 6.86. The summed E-state index contributed by atoms with van der Waals surface area (Å²) in [5.41, 5.74) is 6.27. The molecule has 94 valence electrons. The fourth-order valence-electron chi connectivity index (χ4n) is 1.53.